The van der Waals surface area contributed by atoms with E-state index in [1.54, 1.807) is 25.4 Å². The van der Waals surface area contributed by atoms with Gasteiger partial charge in [0.25, 0.3) is 0 Å². The van der Waals surface area contributed by atoms with E-state index in [0.717, 1.165) is 0 Å². The van der Waals surface area contributed by atoms with Crippen LogP contribution in [0, 0.1) is 5.41 Å². The number of nitrogens with zero attached hydrogens (tertiary/aromatic N) is 1. The Bertz CT molecular complexity index is 339. The molecule has 3 nitrogen and oxygen atoms in total. The largest absolute Gasteiger partial charge is 0.373 e. The summed E-state index contributed by atoms with van der Waals surface area (Å²) in [5.41, 5.74) is 0.289. The molecule has 0 unspecified atom stereocenters. The van der Waals surface area contributed by atoms with Crippen molar-refractivity contribution in [3.63, 3.8) is 0 Å². The molecular weight excluding hydrogens is 176 g/mol. The number of ketones is 1. The van der Waals surface area contributed by atoms with Crippen LogP contribution in [0.1, 0.15) is 31.1 Å². The summed E-state index contributed by atoms with van der Waals surface area (Å²) in [4.78, 5) is 16.1. The Kier molecular flexibility index (Phi) is 2.89. The number of carbonyl (C=O) groups is 1. The molecule has 0 bridgehead atoms. The minimum Gasteiger partial charge on any atom is -0.373 e. The van der Waals surface area contributed by atoms with Gasteiger partial charge in [0, 0.05) is 18.7 Å². The zero-order chi connectivity index (χ0) is 10.8. The molecule has 0 spiro atoms. The van der Waals surface area contributed by atoms with E-state index in [0.29, 0.717) is 11.4 Å². The van der Waals surface area contributed by atoms with Gasteiger partial charge >= 0.3 is 0 Å². The standard InChI is InChI=1S/C11H16N2O/c1-11(2,3)9(14)8-6-5-7-13-10(8)12-4/h5-7H,1-4H3,(H,12,13). The predicted octanol–water partition coefficient (Wildman–Crippen LogP) is 2.35. The highest BCUT2D eigenvalue weighted by atomic mass is 16.1. The molecule has 14 heavy (non-hydrogen) atoms. The van der Waals surface area contributed by atoms with Crippen molar-refractivity contribution < 1.29 is 4.79 Å². The molecule has 1 rings (SSSR count). The highest BCUT2D eigenvalue weighted by molar-refractivity contribution is 6.03. The van der Waals surface area contributed by atoms with Crippen molar-refractivity contribution in [1.29, 1.82) is 0 Å². The molecule has 0 fully saturated rings. The van der Waals surface area contributed by atoms with E-state index >= 15 is 0 Å². The average Bonchev–Trinajstić information content (AvgIpc) is 2.15. The van der Waals surface area contributed by atoms with Gasteiger partial charge in [-0.25, -0.2) is 4.98 Å². The van der Waals surface area contributed by atoms with E-state index in [2.05, 4.69) is 10.3 Å². The van der Waals surface area contributed by atoms with Crippen molar-refractivity contribution in [3.05, 3.63) is 23.9 Å². The second-order valence-corrected chi connectivity index (χ2v) is 4.23. The quantitative estimate of drug-likeness (QED) is 0.731. The van der Waals surface area contributed by atoms with Gasteiger partial charge in [-0.15, -0.1) is 0 Å². The van der Waals surface area contributed by atoms with Gasteiger partial charge in [-0.3, -0.25) is 4.79 Å². The molecule has 0 amide bonds. The molecule has 0 aliphatic carbocycles. The fraction of sp³-hybridized carbons (Fsp3) is 0.455. The van der Waals surface area contributed by atoms with Crippen molar-refractivity contribution in [2.24, 2.45) is 5.41 Å². The molecule has 0 atom stereocenters. The van der Waals surface area contributed by atoms with E-state index in [1.165, 1.54) is 0 Å². The molecule has 1 heterocycles. The average molecular weight is 192 g/mol. The van der Waals surface area contributed by atoms with Crippen LogP contribution in [-0.4, -0.2) is 17.8 Å². The van der Waals surface area contributed by atoms with Crippen LogP contribution in [0.3, 0.4) is 0 Å². The van der Waals surface area contributed by atoms with E-state index < -0.39 is 0 Å². The Labute approximate surface area is 84.6 Å². The van der Waals surface area contributed by atoms with Crippen LogP contribution in [0.15, 0.2) is 18.3 Å². The molecule has 1 aromatic heterocycles. The number of rotatable bonds is 2. The van der Waals surface area contributed by atoms with Crippen LogP contribution in [0.4, 0.5) is 5.82 Å². The highest BCUT2D eigenvalue weighted by Gasteiger charge is 2.25. The number of Topliss-reactive ketones (excluding diaryl/α,β-unsaturated/α-hetero) is 1. The highest BCUT2D eigenvalue weighted by Crippen LogP contribution is 2.23. The first-order valence-corrected chi connectivity index (χ1v) is 4.64. The van der Waals surface area contributed by atoms with E-state index in [9.17, 15) is 4.79 Å². The van der Waals surface area contributed by atoms with E-state index in [1.807, 2.05) is 20.8 Å². The molecule has 0 radical (unpaired) electrons. The number of pyridine rings is 1. The lowest BCUT2D eigenvalue weighted by Crippen LogP contribution is -2.21. The third-order valence-electron chi connectivity index (χ3n) is 1.97. The summed E-state index contributed by atoms with van der Waals surface area (Å²) >= 11 is 0. The third-order valence-corrected chi connectivity index (χ3v) is 1.97. The molecule has 0 aliphatic heterocycles. The van der Waals surface area contributed by atoms with Crippen molar-refractivity contribution in [1.82, 2.24) is 4.98 Å². The first-order chi connectivity index (χ1) is 6.46. The molecule has 3 heteroatoms. The Morgan fingerprint density at radius 2 is 2.07 bits per heavy atom. The smallest absolute Gasteiger partial charge is 0.171 e. The normalized spacial score (nSPS) is 11.1. The molecule has 0 saturated carbocycles. The number of aromatic nitrogens is 1. The maximum atomic E-state index is 12.0. The summed E-state index contributed by atoms with van der Waals surface area (Å²) in [7, 11) is 1.77. The van der Waals surface area contributed by atoms with Crippen molar-refractivity contribution in [2.75, 3.05) is 12.4 Å². The van der Waals surface area contributed by atoms with Crippen LogP contribution in [0.2, 0.25) is 0 Å². The predicted molar refractivity (Wildman–Crippen MR) is 57.6 cm³/mol. The number of hydrogen-bond donors (Lipinski definition) is 1. The second-order valence-electron chi connectivity index (χ2n) is 4.23. The molecule has 1 N–H and O–H groups in total. The summed E-state index contributed by atoms with van der Waals surface area (Å²) in [5.74, 6) is 0.752. The van der Waals surface area contributed by atoms with Crippen molar-refractivity contribution in [2.45, 2.75) is 20.8 Å². The number of hydrogen-bond acceptors (Lipinski definition) is 3. The summed E-state index contributed by atoms with van der Waals surface area (Å²) < 4.78 is 0. The Morgan fingerprint density at radius 3 is 2.57 bits per heavy atom. The zero-order valence-corrected chi connectivity index (χ0v) is 9.09. The lowest BCUT2D eigenvalue weighted by atomic mass is 9.87. The number of nitrogens with one attached hydrogen (secondary N) is 1. The number of anilines is 1. The zero-order valence-electron chi connectivity index (χ0n) is 9.09. The minimum atomic E-state index is -0.366. The SMILES string of the molecule is CNc1ncccc1C(=O)C(C)(C)C. The van der Waals surface area contributed by atoms with Crippen LogP contribution in [0.25, 0.3) is 0 Å². The number of carbonyl (C=O) groups excluding carboxylic acids is 1. The lowest BCUT2D eigenvalue weighted by Gasteiger charge is -2.17. The monoisotopic (exact) mass is 192 g/mol. The summed E-state index contributed by atoms with van der Waals surface area (Å²) in [6.45, 7) is 5.71. The summed E-state index contributed by atoms with van der Waals surface area (Å²) in [5, 5.41) is 2.92. The fourth-order valence-electron chi connectivity index (χ4n) is 1.19. The Balaban J connectivity index is 3.13. The third kappa shape index (κ3) is 2.10. The van der Waals surface area contributed by atoms with Crippen molar-refractivity contribution in [3.8, 4) is 0 Å². The summed E-state index contributed by atoms with van der Waals surface area (Å²) in [6.07, 6.45) is 1.67. The van der Waals surface area contributed by atoms with Gasteiger partial charge in [0.2, 0.25) is 0 Å². The van der Waals surface area contributed by atoms with Crippen LogP contribution in [0.5, 0.6) is 0 Å². The Hall–Kier alpha value is -1.38. The van der Waals surface area contributed by atoms with Gasteiger partial charge in [-0.2, -0.15) is 0 Å². The van der Waals surface area contributed by atoms with Crippen LogP contribution >= 0.6 is 0 Å². The first kappa shape index (κ1) is 10.7. The topological polar surface area (TPSA) is 42.0 Å². The maximum Gasteiger partial charge on any atom is 0.171 e. The Morgan fingerprint density at radius 1 is 1.43 bits per heavy atom. The van der Waals surface area contributed by atoms with Gasteiger partial charge in [0.05, 0.1) is 5.56 Å². The molecule has 1 aromatic rings. The second kappa shape index (κ2) is 3.78. The summed E-state index contributed by atoms with van der Waals surface area (Å²) in [6, 6.07) is 3.58. The van der Waals surface area contributed by atoms with E-state index in [4.69, 9.17) is 0 Å². The van der Waals surface area contributed by atoms with Gasteiger partial charge in [0.15, 0.2) is 5.78 Å². The minimum absolute atomic E-state index is 0.106. The van der Waals surface area contributed by atoms with E-state index in [-0.39, 0.29) is 11.2 Å². The van der Waals surface area contributed by atoms with Gasteiger partial charge in [-0.1, -0.05) is 20.8 Å². The van der Waals surface area contributed by atoms with Gasteiger partial charge in [-0.05, 0) is 12.1 Å². The fourth-order valence-corrected chi connectivity index (χ4v) is 1.19. The van der Waals surface area contributed by atoms with Gasteiger partial charge < -0.3 is 5.32 Å². The molecular formula is C11H16N2O. The van der Waals surface area contributed by atoms with Crippen LogP contribution < -0.4 is 5.32 Å². The maximum absolute atomic E-state index is 12.0. The lowest BCUT2D eigenvalue weighted by molar-refractivity contribution is 0.0859. The van der Waals surface area contributed by atoms with Gasteiger partial charge in [0.1, 0.15) is 5.82 Å². The molecule has 0 aromatic carbocycles. The molecule has 76 valence electrons. The van der Waals surface area contributed by atoms with Crippen molar-refractivity contribution >= 4 is 11.6 Å². The molecule has 0 aliphatic rings. The first-order valence-electron chi connectivity index (χ1n) is 4.64. The van der Waals surface area contributed by atoms with Crippen LogP contribution in [-0.2, 0) is 0 Å². The molecule has 0 saturated heterocycles.